The fourth-order valence-corrected chi connectivity index (χ4v) is 1.10. The van der Waals surface area contributed by atoms with Crippen LogP contribution in [0.2, 0.25) is 0 Å². The number of alkyl halides is 3. The van der Waals surface area contributed by atoms with Gasteiger partial charge in [-0.2, -0.15) is 13.2 Å². The second-order valence-corrected chi connectivity index (χ2v) is 3.30. The molecule has 1 atom stereocenters. The maximum Gasteiger partial charge on any atom is 0.435 e. The summed E-state index contributed by atoms with van der Waals surface area (Å²) in [6.45, 7) is 2.26. The van der Waals surface area contributed by atoms with E-state index < -0.39 is 11.9 Å². The maximum absolute atomic E-state index is 12.2. The molecule has 0 radical (unpaired) electrons. The summed E-state index contributed by atoms with van der Waals surface area (Å²) in [6.07, 6.45) is -4.45. The molecule has 7 heteroatoms. The molecule has 0 amide bonds. The monoisotopic (exact) mass is 235 g/mol. The van der Waals surface area contributed by atoms with Gasteiger partial charge in [-0.3, -0.25) is 0 Å². The lowest BCUT2D eigenvalue weighted by Gasteiger charge is -2.13. The Morgan fingerprint density at radius 1 is 1.38 bits per heavy atom. The maximum atomic E-state index is 12.2. The van der Waals surface area contributed by atoms with E-state index in [1.807, 2.05) is 6.92 Å². The molecule has 0 aliphatic heterocycles. The van der Waals surface area contributed by atoms with Crippen LogP contribution in [0.25, 0.3) is 0 Å². The van der Waals surface area contributed by atoms with Crippen LogP contribution in [0.3, 0.4) is 0 Å². The lowest BCUT2D eigenvalue weighted by atomic mass is 10.3. The third-order valence-electron chi connectivity index (χ3n) is 1.77. The largest absolute Gasteiger partial charge is 0.435 e. The van der Waals surface area contributed by atoms with Gasteiger partial charge in [0.25, 0.3) is 0 Å². The SMILES string of the molecule is COCC(C)Nc1ccc(C(F)(F)F)nn1. The Kier molecular flexibility index (Phi) is 4.05. The van der Waals surface area contributed by atoms with E-state index in [2.05, 4.69) is 15.5 Å². The molecule has 0 bridgehead atoms. The van der Waals surface area contributed by atoms with Crippen molar-refractivity contribution in [2.45, 2.75) is 19.1 Å². The smallest absolute Gasteiger partial charge is 0.383 e. The Morgan fingerprint density at radius 3 is 2.50 bits per heavy atom. The van der Waals surface area contributed by atoms with Gasteiger partial charge >= 0.3 is 6.18 Å². The van der Waals surface area contributed by atoms with Crippen LogP contribution in [0.5, 0.6) is 0 Å². The van der Waals surface area contributed by atoms with Gasteiger partial charge in [0.1, 0.15) is 5.82 Å². The van der Waals surface area contributed by atoms with Crippen molar-refractivity contribution in [3.8, 4) is 0 Å². The Labute approximate surface area is 90.8 Å². The number of hydrogen-bond acceptors (Lipinski definition) is 4. The van der Waals surface area contributed by atoms with Gasteiger partial charge in [-0.15, -0.1) is 10.2 Å². The first-order valence-corrected chi connectivity index (χ1v) is 4.60. The lowest BCUT2D eigenvalue weighted by molar-refractivity contribution is -0.141. The molecule has 16 heavy (non-hydrogen) atoms. The molecular weight excluding hydrogens is 223 g/mol. The first-order valence-electron chi connectivity index (χ1n) is 4.60. The van der Waals surface area contributed by atoms with Crippen molar-refractivity contribution >= 4 is 5.82 Å². The highest BCUT2D eigenvalue weighted by Gasteiger charge is 2.32. The van der Waals surface area contributed by atoms with E-state index in [1.165, 1.54) is 13.2 Å². The van der Waals surface area contributed by atoms with Gasteiger partial charge in [0.05, 0.1) is 6.61 Å². The fourth-order valence-electron chi connectivity index (χ4n) is 1.10. The molecule has 1 rings (SSSR count). The Bertz CT molecular complexity index is 326. The second kappa shape index (κ2) is 5.11. The van der Waals surface area contributed by atoms with Crippen LogP contribution in [-0.4, -0.2) is 30.0 Å². The normalized spacial score (nSPS) is 13.6. The molecule has 0 aliphatic rings. The fraction of sp³-hybridized carbons (Fsp3) is 0.556. The van der Waals surface area contributed by atoms with Crippen LogP contribution in [0.1, 0.15) is 12.6 Å². The van der Waals surface area contributed by atoms with E-state index in [1.54, 1.807) is 0 Å². The Hall–Kier alpha value is -1.37. The summed E-state index contributed by atoms with van der Waals surface area (Å²) in [5.74, 6) is 0.289. The topological polar surface area (TPSA) is 47.0 Å². The van der Waals surface area contributed by atoms with Crippen LogP contribution in [0, 0.1) is 0 Å². The highest BCUT2D eigenvalue weighted by atomic mass is 19.4. The summed E-state index contributed by atoms with van der Waals surface area (Å²) in [5.41, 5.74) is -1.00. The summed E-state index contributed by atoms with van der Waals surface area (Å²) < 4.78 is 41.3. The van der Waals surface area contributed by atoms with Crippen LogP contribution < -0.4 is 5.32 Å². The van der Waals surface area contributed by atoms with Crippen molar-refractivity contribution in [2.75, 3.05) is 19.0 Å². The van der Waals surface area contributed by atoms with Gasteiger partial charge in [0, 0.05) is 13.2 Å². The molecule has 0 aromatic carbocycles. The van der Waals surface area contributed by atoms with Crippen molar-refractivity contribution in [2.24, 2.45) is 0 Å². The summed E-state index contributed by atoms with van der Waals surface area (Å²) in [7, 11) is 1.54. The standard InChI is InChI=1S/C9H12F3N3O/c1-6(5-16-2)13-8-4-3-7(14-15-8)9(10,11)12/h3-4,6H,5H2,1-2H3,(H,13,15). The number of rotatable bonds is 4. The summed E-state index contributed by atoms with van der Waals surface area (Å²) >= 11 is 0. The van der Waals surface area contributed by atoms with Crippen LogP contribution in [0.15, 0.2) is 12.1 Å². The quantitative estimate of drug-likeness (QED) is 0.866. The Balaban J connectivity index is 2.65. The van der Waals surface area contributed by atoms with Crippen LogP contribution >= 0.6 is 0 Å². The highest BCUT2D eigenvalue weighted by Crippen LogP contribution is 2.27. The number of halogens is 3. The van der Waals surface area contributed by atoms with Crippen molar-refractivity contribution in [1.82, 2.24) is 10.2 Å². The van der Waals surface area contributed by atoms with E-state index in [0.717, 1.165) is 6.07 Å². The number of nitrogens with zero attached hydrogens (tertiary/aromatic N) is 2. The predicted molar refractivity (Wildman–Crippen MR) is 52.0 cm³/mol. The zero-order valence-corrected chi connectivity index (χ0v) is 8.88. The van der Waals surface area contributed by atoms with Gasteiger partial charge in [-0.1, -0.05) is 0 Å². The molecule has 0 spiro atoms. The molecular formula is C9H12F3N3O. The van der Waals surface area contributed by atoms with Crippen LogP contribution in [-0.2, 0) is 10.9 Å². The number of hydrogen-bond donors (Lipinski definition) is 1. The molecule has 0 aliphatic carbocycles. The van der Waals surface area contributed by atoms with E-state index in [0.29, 0.717) is 6.61 Å². The number of nitrogens with one attached hydrogen (secondary N) is 1. The molecule has 90 valence electrons. The van der Waals surface area contributed by atoms with Crippen molar-refractivity contribution in [1.29, 1.82) is 0 Å². The summed E-state index contributed by atoms with van der Waals surface area (Å²) in [5, 5.41) is 9.37. The number of aromatic nitrogens is 2. The average Bonchev–Trinajstić information content (AvgIpc) is 2.17. The molecule has 4 nitrogen and oxygen atoms in total. The van der Waals surface area contributed by atoms with E-state index in [-0.39, 0.29) is 11.9 Å². The number of methoxy groups -OCH3 is 1. The minimum Gasteiger partial charge on any atom is -0.383 e. The first kappa shape index (κ1) is 12.7. The van der Waals surface area contributed by atoms with Gasteiger partial charge < -0.3 is 10.1 Å². The molecule has 0 saturated heterocycles. The molecule has 1 heterocycles. The third kappa shape index (κ3) is 3.65. The number of ether oxygens (including phenoxy) is 1. The van der Waals surface area contributed by atoms with Crippen molar-refractivity contribution < 1.29 is 17.9 Å². The van der Waals surface area contributed by atoms with Gasteiger partial charge in [0.2, 0.25) is 0 Å². The average molecular weight is 235 g/mol. The Morgan fingerprint density at radius 2 is 2.06 bits per heavy atom. The third-order valence-corrected chi connectivity index (χ3v) is 1.77. The molecule has 1 aromatic rings. The zero-order chi connectivity index (χ0) is 12.2. The lowest BCUT2D eigenvalue weighted by Crippen LogP contribution is -2.22. The molecule has 1 N–H and O–H groups in total. The minimum absolute atomic E-state index is 0.0453. The van der Waals surface area contributed by atoms with Crippen molar-refractivity contribution in [3.63, 3.8) is 0 Å². The van der Waals surface area contributed by atoms with E-state index in [4.69, 9.17) is 4.74 Å². The van der Waals surface area contributed by atoms with Crippen molar-refractivity contribution in [3.05, 3.63) is 17.8 Å². The molecule has 0 fully saturated rings. The van der Waals surface area contributed by atoms with Gasteiger partial charge in [-0.25, -0.2) is 0 Å². The molecule has 0 saturated carbocycles. The van der Waals surface area contributed by atoms with Gasteiger partial charge in [-0.05, 0) is 19.1 Å². The highest BCUT2D eigenvalue weighted by molar-refractivity contribution is 5.34. The van der Waals surface area contributed by atoms with E-state index in [9.17, 15) is 13.2 Å². The van der Waals surface area contributed by atoms with Gasteiger partial charge in [0.15, 0.2) is 5.69 Å². The van der Waals surface area contributed by atoms with Crippen LogP contribution in [0.4, 0.5) is 19.0 Å². The minimum atomic E-state index is -4.45. The first-order chi connectivity index (χ1) is 7.43. The second-order valence-electron chi connectivity index (χ2n) is 3.30. The number of anilines is 1. The zero-order valence-electron chi connectivity index (χ0n) is 8.88. The predicted octanol–water partition coefficient (Wildman–Crippen LogP) is 1.94. The molecule has 1 unspecified atom stereocenters. The molecule has 1 aromatic heterocycles. The van der Waals surface area contributed by atoms with E-state index >= 15 is 0 Å². The summed E-state index contributed by atoms with van der Waals surface area (Å²) in [6, 6.07) is 2.08. The summed E-state index contributed by atoms with van der Waals surface area (Å²) in [4.78, 5) is 0.